The number of anilines is 1. The molecule has 0 amide bonds. The maximum absolute atomic E-state index is 13.8. The topological polar surface area (TPSA) is 73.8 Å². The van der Waals surface area contributed by atoms with Gasteiger partial charge in [-0.1, -0.05) is 18.2 Å². The summed E-state index contributed by atoms with van der Waals surface area (Å²) in [6, 6.07) is 15.5. The second-order valence-electron chi connectivity index (χ2n) is 5.66. The van der Waals surface area contributed by atoms with Crippen molar-refractivity contribution in [1.29, 1.82) is 0 Å². The summed E-state index contributed by atoms with van der Waals surface area (Å²) in [5.74, 6) is 0.598. The molecule has 0 atom stereocenters. The van der Waals surface area contributed by atoms with Crippen molar-refractivity contribution >= 4 is 33.8 Å². The van der Waals surface area contributed by atoms with Crippen molar-refractivity contribution in [3.8, 4) is 17.0 Å². The molecule has 7 heteroatoms. The van der Waals surface area contributed by atoms with Crippen molar-refractivity contribution in [2.24, 2.45) is 0 Å². The molecule has 0 aliphatic heterocycles. The van der Waals surface area contributed by atoms with Crippen LogP contribution in [-0.2, 0) is 6.54 Å². The van der Waals surface area contributed by atoms with Gasteiger partial charge >= 0.3 is 0 Å². The highest BCUT2D eigenvalue weighted by Crippen LogP contribution is 2.28. The van der Waals surface area contributed by atoms with Gasteiger partial charge in [0.05, 0.1) is 5.39 Å². The number of phenolic OH excluding ortho intramolecular Hbond substituents is 1. The minimum absolute atomic E-state index is 0. The molecule has 0 radical (unpaired) electrons. The third-order valence-electron chi connectivity index (χ3n) is 4.01. The number of hydrogen-bond donors (Lipinski definition) is 3. The lowest BCUT2D eigenvalue weighted by molar-refractivity contribution is 0.475. The number of aromatic amines is 1. The normalized spacial score (nSPS) is 10.5. The summed E-state index contributed by atoms with van der Waals surface area (Å²) in [5, 5.41) is 13.4. The average molecular weight is 415 g/mol. The van der Waals surface area contributed by atoms with Crippen LogP contribution in [0.3, 0.4) is 0 Å². The average Bonchev–Trinajstić information content (AvgIpc) is 3.06. The van der Waals surface area contributed by atoms with Crippen LogP contribution in [0.25, 0.3) is 22.3 Å². The number of fused-ring (bicyclic) bond motifs is 1. The minimum atomic E-state index is -0.251. The first-order valence-electron chi connectivity index (χ1n) is 7.81. The molecule has 132 valence electrons. The van der Waals surface area contributed by atoms with Gasteiger partial charge in [0.1, 0.15) is 29.4 Å². The molecular formula is C19H16BrFN4O. The van der Waals surface area contributed by atoms with E-state index in [1.54, 1.807) is 30.3 Å². The van der Waals surface area contributed by atoms with E-state index in [4.69, 9.17) is 0 Å². The van der Waals surface area contributed by atoms with E-state index >= 15 is 0 Å². The molecule has 26 heavy (non-hydrogen) atoms. The first-order valence-corrected chi connectivity index (χ1v) is 7.81. The molecule has 0 spiro atoms. The summed E-state index contributed by atoms with van der Waals surface area (Å²) in [4.78, 5) is 11.8. The van der Waals surface area contributed by atoms with Gasteiger partial charge in [-0.05, 0) is 42.0 Å². The fourth-order valence-electron chi connectivity index (χ4n) is 2.70. The quantitative estimate of drug-likeness (QED) is 0.453. The van der Waals surface area contributed by atoms with Crippen LogP contribution in [0.15, 0.2) is 60.9 Å². The van der Waals surface area contributed by atoms with Crippen LogP contribution in [0.5, 0.6) is 5.75 Å². The Balaban J connectivity index is 0.00000196. The first-order chi connectivity index (χ1) is 12.2. The number of H-pyrrole nitrogens is 1. The van der Waals surface area contributed by atoms with E-state index in [1.165, 1.54) is 12.4 Å². The van der Waals surface area contributed by atoms with Crippen molar-refractivity contribution in [1.82, 2.24) is 15.0 Å². The molecule has 2 aromatic carbocycles. The smallest absolute Gasteiger partial charge is 0.143 e. The molecule has 2 aromatic heterocycles. The second kappa shape index (κ2) is 7.53. The van der Waals surface area contributed by atoms with Gasteiger partial charge in [-0.25, -0.2) is 14.4 Å². The Labute approximate surface area is 159 Å². The standard InChI is InChI=1S/C19H15FN4O.BrH/c20-16-4-2-1-3-13(16)10-21-18-15-9-17(24-19(15)23-11-22-18)12-5-7-14(25)8-6-12;/h1-9,11,25H,10H2,(H2,21,22,23,24);1H. The zero-order chi connectivity index (χ0) is 17.2. The van der Waals surface area contributed by atoms with E-state index < -0.39 is 0 Å². The molecule has 0 bridgehead atoms. The van der Waals surface area contributed by atoms with E-state index in [0.29, 0.717) is 23.6 Å². The van der Waals surface area contributed by atoms with Gasteiger partial charge in [-0.3, -0.25) is 0 Å². The molecule has 3 N–H and O–H groups in total. The van der Waals surface area contributed by atoms with E-state index in [9.17, 15) is 9.50 Å². The van der Waals surface area contributed by atoms with Crippen molar-refractivity contribution in [2.45, 2.75) is 6.54 Å². The Morgan fingerprint density at radius 2 is 1.81 bits per heavy atom. The highest BCUT2D eigenvalue weighted by Gasteiger charge is 2.10. The molecular weight excluding hydrogens is 399 g/mol. The fraction of sp³-hybridized carbons (Fsp3) is 0.0526. The van der Waals surface area contributed by atoms with Crippen molar-refractivity contribution < 1.29 is 9.50 Å². The Hall–Kier alpha value is -2.93. The predicted octanol–water partition coefficient (Wildman–Crippen LogP) is 4.66. The maximum atomic E-state index is 13.8. The number of nitrogens with one attached hydrogen (secondary N) is 2. The van der Waals surface area contributed by atoms with Crippen LogP contribution in [0, 0.1) is 5.82 Å². The highest BCUT2D eigenvalue weighted by molar-refractivity contribution is 8.93. The molecule has 0 fully saturated rings. The number of nitrogens with zero attached hydrogens (tertiary/aromatic N) is 2. The summed E-state index contributed by atoms with van der Waals surface area (Å²) < 4.78 is 13.8. The van der Waals surface area contributed by atoms with Gasteiger partial charge in [0, 0.05) is 17.8 Å². The van der Waals surface area contributed by atoms with Gasteiger partial charge in [0.2, 0.25) is 0 Å². The Bertz CT molecular complexity index is 1030. The fourth-order valence-corrected chi connectivity index (χ4v) is 2.70. The highest BCUT2D eigenvalue weighted by atomic mass is 79.9. The minimum Gasteiger partial charge on any atom is -0.508 e. The Morgan fingerprint density at radius 3 is 2.58 bits per heavy atom. The molecule has 4 rings (SSSR count). The molecule has 0 aliphatic carbocycles. The molecule has 2 heterocycles. The van der Waals surface area contributed by atoms with Crippen LogP contribution in [0.1, 0.15) is 5.56 Å². The summed E-state index contributed by atoms with van der Waals surface area (Å²) in [5.41, 5.74) is 3.05. The van der Waals surface area contributed by atoms with Gasteiger partial charge in [-0.2, -0.15) is 0 Å². The number of hydrogen-bond acceptors (Lipinski definition) is 4. The number of halogens is 2. The zero-order valence-corrected chi connectivity index (χ0v) is 15.3. The number of benzene rings is 2. The monoisotopic (exact) mass is 414 g/mol. The second-order valence-corrected chi connectivity index (χ2v) is 5.66. The van der Waals surface area contributed by atoms with Crippen molar-refractivity contribution in [3.05, 3.63) is 72.3 Å². The molecule has 0 saturated heterocycles. The molecule has 0 saturated carbocycles. The largest absolute Gasteiger partial charge is 0.508 e. The zero-order valence-electron chi connectivity index (χ0n) is 13.6. The van der Waals surface area contributed by atoms with Crippen LogP contribution in [0.4, 0.5) is 10.2 Å². The summed E-state index contributed by atoms with van der Waals surface area (Å²) in [6.45, 7) is 0.332. The Kier molecular flexibility index (Phi) is 5.18. The SMILES string of the molecule is Br.Oc1ccc(-c2cc3c(NCc4ccccc4F)ncnc3[nH]2)cc1. The number of aromatic hydroxyl groups is 1. The van der Waals surface area contributed by atoms with E-state index in [-0.39, 0.29) is 28.5 Å². The molecule has 0 aliphatic rings. The third kappa shape index (κ3) is 3.52. The summed E-state index contributed by atoms with van der Waals surface area (Å²) in [7, 11) is 0. The van der Waals surface area contributed by atoms with Gasteiger partial charge < -0.3 is 15.4 Å². The van der Waals surface area contributed by atoms with E-state index in [0.717, 1.165) is 16.6 Å². The lowest BCUT2D eigenvalue weighted by Crippen LogP contribution is -2.03. The van der Waals surface area contributed by atoms with Crippen LogP contribution in [0.2, 0.25) is 0 Å². The van der Waals surface area contributed by atoms with Gasteiger partial charge in [-0.15, -0.1) is 17.0 Å². The predicted molar refractivity (Wildman–Crippen MR) is 105 cm³/mol. The number of rotatable bonds is 4. The van der Waals surface area contributed by atoms with E-state index in [1.807, 2.05) is 18.2 Å². The molecule has 5 nitrogen and oxygen atoms in total. The lowest BCUT2D eigenvalue weighted by atomic mass is 10.1. The third-order valence-corrected chi connectivity index (χ3v) is 4.01. The van der Waals surface area contributed by atoms with Gasteiger partial charge in [0.25, 0.3) is 0 Å². The van der Waals surface area contributed by atoms with Gasteiger partial charge in [0.15, 0.2) is 0 Å². The van der Waals surface area contributed by atoms with Crippen LogP contribution < -0.4 is 5.32 Å². The van der Waals surface area contributed by atoms with E-state index in [2.05, 4.69) is 20.3 Å². The van der Waals surface area contributed by atoms with Crippen molar-refractivity contribution in [3.63, 3.8) is 0 Å². The molecule has 4 aromatic rings. The van der Waals surface area contributed by atoms with Crippen LogP contribution >= 0.6 is 17.0 Å². The number of aromatic nitrogens is 3. The lowest BCUT2D eigenvalue weighted by Gasteiger charge is -2.07. The van der Waals surface area contributed by atoms with Crippen molar-refractivity contribution in [2.75, 3.05) is 5.32 Å². The Morgan fingerprint density at radius 1 is 1.04 bits per heavy atom. The maximum Gasteiger partial charge on any atom is 0.143 e. The molecule has 0 unspecified atom stereocenters. The number of phenols is 1. The van der Waals surface area contributed by atoms with Crippen LogP contribution in [-0.4, -0.2) is 20.1 Å². The summed E-state index contributed by atoms with van der Waals surface area (Å²) >= 11 is 0. The summed E-state index contributed by atoms with van der Waals surface area (Å²) in [6.07, 6.45) is 1.46. The first kappa shape index (κ1) is 17.9.